The molecule has 0 aliphatic heterocycles. The summed E-state index contributed by atoms with van der Waals surface area (Å²) >= 11 is 5.54. The van der Waals surface area contributed by atoms with Gasteiger partial charge in [-0.2, -0.15) is 0 Å². The molecule has 1 N–H and O–H groups in total. The molecule has 4 heteroatoms. The van der Waals surface area contributed by atoms with Crippen LogP contribution < -0.4 is 0 Å². The molecule has 60 valence electrons. The van der Waals surface area contributed by atoms with E-state index in [1.165, 1.54) is 13.1 Å². The Kier molecular flexibility index (Phi) is 2.42. The van der Waals surface area contributed by atoms with Gasteiger partial charge in [0.25, 0.3) is 0 Å². The SMILES string of the molecule is Cc1ncc(Cl)c(CO)c1F. The summed E-state index contributed by atoms with van der Waals surface area (Å²) in [6, 6.07) is 0. The first-order valence-electron chi connectivity index (χ1n) is 3.07. The smallest absolute Gasteiger partial charge is 0.151 e. The van der Waals surface area contributed by atoms with E-state index in [2.05, 4.69) is 4.98 Å². The Morgan fingerprint density at radius 2 is 2.36 bits per heavy atom. The van der Waals surface area contributed by atoms with Gasteiger partial charge in [-0.1, -0.05) is 11.6 Å². The van der Waals surface area contributed by atoms with Crippen molar-refractivity contribution in [3.8, 4) is 0 Å². The monoisotopic (exact) mass is 175 g/mol. The second kappa shape index (κ2) is 3.15. The maximum Gasteiger partial charge on any atom is 0.151 e. The van der Waals surface area contributed by atoms with Gasteiger partial charge in [0, 0.05) is 11.8 Å². The van der Waals surface area contributed by atoms with Crippen molar-refractivity contribution in [3.05, 3.63) is 28.3 Å². The average molecular weight is 176 g/mol. The van der Waals surface area contributed by atoms with E-state index in [1.54, 1.807) is 0 Å². The van der Waals surface area contributed by atoms with E-state index in [0.29, 0.717) is 0 Å². The highest BCUT2D eigenvalue weighted by atomic mass is 35.5. The standard InChI is InChI=1S/C7H7ClFNO/c1-4-7(9)5(3-11)6(8)2-10-4/h2,11H,3H2,1H3. The summed E-state index contributed by atoms with van der Waals surface area (Å²) in [6.45, 7) is 1.12. The van der Waals surface area contributed by atoms with Crippen LogP contribution in [-0.4, -0.2) is 10.1 Å². The van der Waals surface area contributed by atoms with E-state index in [4.69, 9.17) is 16.7 Å². The molecule has 1 aromatic heterocycles. The quantitative estimate of drug-likeness (QED) is 0.705. The summed E-state index contributed by atoms with van der Waals surface area (Å²) in [4.78, 5) is 3.67. The van der Waals surface area contributed by atoms with Crippen LogP contribution in [0.4, 0.5) is 4.39 Å². The third kappa shape index (κ3) is 1.49. The van der Waals surface area contributed by atoms with Crippen molar-refractivity contribution in [2.75, 3.05) is 0 Å². The Labute approximate surface area is 68.6 Å². The molecule has 0 aliphatic rings. The molecule has 2 nitrogen and oxygen atoms in total. The third-order valence-corrected chi connectivity index (χ3v) is 1.73. The van der Waals surface area contributed by atoms with Gasteiger partial charge in [-0.15, -0.1) is 0 Å². The average Bonchev–Trinajstić information content (AvgIpc) is 1.99. The molecule has 0 spiro atoms. The van der Waals surface area contributed by atoms with Crippen molar-refractivity contribution >= 4 is 11.6 Å². The lowest BCUT2D eigenvalue weighted by Gasteiger charge is -2.02. The molecule has 11 heavy (non-hydrogen) atoms. The molecule has 0 bridgehead atoms. The van der Waals surface area contributed by atoms with Crippen LogP contribution in [0, 0.1) is 12.7 Å². The Hall–Kier alpha value is -0.670. The summed E-state index contributed by atoms with van der Waals surface area (Å²) in [5.74, 6) is -0.528. The predicted molar refractivity (Wildman–Crippen MR) is 39.9 cm³/mol. The van der Waals surface area contributed by atoms with Gasteiger partial charge in [-0.3, -0.25) is 4.98 Å². The first-order valence-corrected chi connectivity index (χ1v) is 3.45. The Bertz CT molecular complexity index is 277. The van der Waals surface area contributed by atoms with Gasteiger partial charge in [0.2, 0.25) is 0 Å². The van der Waals surface area contributed by atoms with Gasteiger partial charge in [-0.05, 0) is 6.92 Å². The van der Waals surface area contributed by atoms with Gasteiger partial charge in [0.1, 0.15) is 0 Å². The number of aryl methyl sites for hydroxylation is 1. The minimum Gasteiger partial charge on any atom is -0.392 e. The van der Waals surface area contributed by atoms with Crippen LogP contribution in [0.1, 0.15) is 11.3 Å². The van der Waals surface area contributed by atoms with Crippen LogP contribution in [0.25, 0.3) is 0 Å². The number of aliphatic hydroxyl groups is 1. The zero-order chi connectivity index (χ0) is 8.43. The van der Waals surface area contributed by atoms with E-state index in [1.807, 2.05) is 0 Å². The molecule has 1 rings (SSSR count). The van der Waals surface area contributed by atoms with Crippen molar-refractivity contribution in [1.29, 1.82) is 0 Å². The van der Waals surface area contributed by atoms with Crippen LogP contribution in [0.15, 0.2) is 6.20 Å². The first-order chi connectivity index (χ1) is 5.16. The number of hydrogen-bond acceptors (Lipinski definition) is 2. The second-order valence-electron chi connectivity index (χ2n) is 2.14. The summed E-state index contributed by atoms with van der Waals surface area (Å²) in [5, 5.41) is 8.83. The molecule has 0 fully saturated rings. The lowest BCUT2D eigenvalue weighted by molar-refractivity contribution is 0.275. The fraction of sp³-hybridized carbons (Fsp3) is 0.286. The molecule has 0 amide bonds. The molecule has 0 aliphatic carbocycles. The summed E-state index contributed by atoms with van der Waals surface area (Å²) in [5.41, 5.74) is 0.359. The van der Waals surface area contributed by atoms with E-state index in [9.17, 15) is 4.39 Å². The van der Waals surface area contributed by atoms with E-state index in [-0.39, 0.29) is 16.3 Å². The molecule has 1 aromatic rings. The van der Waals surface area contributed by atoms with Gasteiger partial charge in [-0.25, -0.2) is 4.39 Å². The van der Waals surface area contributed by atoms with Crippen molar-refractivity contribution in [1.82, 2.24) is 4.98 Å². The Morgan fingerprint density at radius 3 is 2.82 bits per heavy atom. The molecule has 1 heterocycles. The van der Waals surface area contributed by atoms with E-state index < -0.39 is 12.4 Å². The number of rotatable bonds is 1. The normalized spacial score (nSPS) is 10.2. The molecular weight excluding hydrogens is 169 g/mol. The number of pyridine rings is 1. The van der Waals surface area contributed by atoms with Crippen LogP contribution in [0.5, 0.6) is 0 Å². The van der Waals surface area contributed by atoms with Crippen LogP contribution in [0.2, 0.25) is 5.02 Å². The van der Waals surface area contributed by atoms with E-state index >= 15 is 0 Å². The molecular formula is C7H7ClFNO. The summed E-state index contributed by atoms with van der Waals surface area (Å²) in [6.07, 6.45) is 1.32. The minimum atomic E-state index is -0.528. The Morgan fingerprint density at radius 1 is 1.73 bits per heavy atom. The van der Waals surface area contributed by atoms with Crippen molar-refractivity contribution in [2.24, 2.45) is 0 Å². The summed E-state index contributed by atoms with van der Waals surface area (Å²) in [7, 11) is 0. The molecule has 0 saturated carbocycles. The van der Waals surface area contributed by atoms with Crippen molar-refractivity contribution in [3.63, 3.8) is 0 Å². The lowest BCUT2D eigenvalue weighted by Crippen LogP contribution is -1.96. The highest BCUT2D eigenvalue weighted by Crippen LogP contribution is 2.19. The van der Waals surface area contributed by atoms with Gasteiger partial charge >= 0.3 is 0 Å². The number of nitrogens with zero attached hydrogens (tertiary/aromatic N) is 1. The molecule has 0 atom stereocenters. The van der Waals surface area contributed by atoms with Crippen molar-refractivity contribution < 1.29 is 9.50 Å². The van der Waals surface area contributed by atoms with Gasteiger partial charge in [0.05, 0.1) is 17.3 Å². The number of aromatic nitrogens is 1. The van der Waals surface area contributed by atoms with Gasteiger partial charge in [0.15, 0.2) is 5.82 Å². The highest BCUT2D eigenvalue weighted by molar-refractivity contribution is 6.31. The highest BCUT2D eigenvalue weighted by Gasteiger charge is 2.08. The zero-order valence-corrected chi connectivity index (χ0v) is 6.69. The first kappa shape index (κ1) is 8.43. The van der Waals surface area contributed by atoms with Crippen LogP contribution >= 0.6 is 11.6 Å². The number of halogens is 2. The molecule has 0 saturated heterocycles. The maximum atomic E-state index is 13.0. The second-order valence-corrected chi connectivity index (χ2v) is 2.55. The van der Waals surface area contributed by atoms with Crippen LogP contribution in [0.3, 0.4) is 0 Å². The van der Waals surface area contributed by atoms with E-state index in [0.717, 1.165) is 0 Å². The fourth-order valence-electron chi connectivity index (χ4n) is 0.756. The molecule has 0 radical (unpaired) electrons. The third-order valence-electron chi connectivity index (χ3n) is 1.40. The number of aliphatic hydroxyl groups excluding tert-OH is 1. The largest absolute Gasteiger partial charge is 0.392 e. The molecule has 0 unspecified atom stereocenters. The van der Waals surface area contributed by atoms with Crippen molar-refractivity contribution in [2.45, 2.75) is 13.5 Å². The number of hydrogen-bond donors (Lipinski definition) is 1. The molecule has 0 aromatic carbocycles. The Balaban J connectivity index is 3.29. The minimum absolute atomic E-state index is 0.110. The lowest BCUT2D eigenvalue weighted by atomic mass is 10.2. The predicted octanol–water partition coefficient (Wildman–Crippen LogP) is 1.67. The fourth-order valence-corrected chi connectivity index (χ4v) is 0.948. The topological polar surface area (TPSA) is 33.1 Å². The van der Waals surface area contributed by atoms with Crippen LogP contribution in [-0.2, 0) is 6.61 Å². The zero-order valence-electron chi connectivity index (χ0n) is 5.93. The van der Waals surface area contributed by atoms with Gasteiger partial charge < -0.3 is 5.11 Å². The summed E-state index contributed by atoms with van der Waals surface area (Å²) < 4.78 is 13.0. The maximum absolute atomic E-state index is 13.0.